The number of hydrogen-bond acceptors (Lipinski definition) is 2. The molecule has 0 unspecified atom stereocenters. The third-order valence-electron chi connectivity index (χ3n) is 2.86. The fraction of sp³-hybridized carbons (Fsp3) is 0.417. The van der Waals surface area contributed by atoms with E-state index in [2.05, 4.69) is 12.2 Å². The van der Waals surface area contributed by atoms with E-state index in [-0.39, 0.29) is 6.03 Å². The van der Waals surface area contributed by atoms with E-state index in [0.717, 1.165) is 42.9 Å². The van der Waals surface area contributed by atoms with Crippen molar-refractivity contribution >= 4 is 17.4 Å². The molecule has 2 amide bonds. The van der Waals surface area contributed by atoms with E-state index < -0.39 is 0 Å². The first-order valence-electron chi connectivity index (χ1n) is 5.66. The van der Waals surface area contributed by atoms with Gasteiger partial charge in [-0.3, -0.25) is 4.90 Å². The number of nitrogens with two attached hydrogens (primary N) is 1. The van der Waals surface area contributed by atoms with Crippen LogP contribution in [0.25, 0.3) is 0 Å². The second-order valence-electron chi connectivity index (χ2n) is 3.98. The number of hydrogen-bond donors (Lipinski definition) is 2. The molecule has 2 rings (SSSR count). The minimum absolute atomic E-state index is 0.00859. The standard InChI is InChI=1S/C12H17N3O/c1-2-9-8-10(13)4-5-11(9)15-7-3-6-14-12(15)16/h4-5,8H,2-3,6-7,13H2,1H3,(H,14,16). The molecule has 1 aliphatic heterocycles. The van der Waals surface area contributed by atoms with Gasteiger partial charge in [0.2, 0.25) is 0 Å². The Morgan fingerprint density at radius 3 is 3.00 bits per heavy atom. The lowest BCUT2D eigenvalue weighted by Crippen LogP contribution is -2.46. The number of carbonyl (C=O) groups excluding carboxylic acids is 1. The van der Waals surface area contributed by atoms with Gasteiger partial charge >= 0.3 is 6.03 Å². The Morgan fingerprint density at radius 2 is 2.31 bits per heavy atom. The smallest absolute Gasteiger partial charge is 0.321 e. The molecule has 0 radical (unpaired) electrons. The highest BCUT2D eigenvalue weighted by molar-refractivity contribution is 5.93. The van der Waals surface area contributed by atoms with Crippen LogP contribution in [0.1, 0.15) is 18.9 Å². The summed E-state index contributed by atoms with van der Waals surface area (Å²) in [7, 11) is 0. The minimum atomic E-state index is -0.00859. The van der Waals surface area contributed by atoms with Gasteiger partial charge in [-0.1, -0.05) is 6.92 Å². The van der Waals surface area contributed by atoms with Gasteiger partial charge in [0.25, 0.3) is 0 Å². The lowest BCUT2D eigenvalue weighted by molar-refractivity contribution is 0.243. The molecule has 16 heavy (non-hydrogen) atoms. The van der Waals surface area contributed by atoms with Gasteiger partial charge in [0.1, 0.15) is 0 Å². The number of nitrogens with one attached hydrogen (secondary N) is 1. The van der Waals surface area contributed by atoms with Crippen LogP contribution in [-0.4, -0.2) is 19.1 Å². The summed E-state index contributed by atoms with van der Waals surface area (Å²) in [5.74, 6) is 0. The molecule has 3 N–H and O–H groups in total. The summed E-state index contributed by atoms with van der Waals surface area (Å²) in [6.45, 7) is 3.62. The Balaban J connectivity index is 2.34. The predicted molar refractivity (Wildman–Crippen MR) is 65.6 cm³/mol. The maximum absolute atomic E-state index is 11.7. The van der Waals surface area contributed by atoms with Gasteiger partial charge in [0.15, 0.2) is 0 Å². The largest absolute Gasteiger partial charge is 0.399 e. The van der Waals surface area contributed by atoms with E-state index in [1.165, 1.54) is 0 Å². The SMILES string of the molecule is CCc1cc(N)ccc1N1CCCNC1=O. The molecule has 0 atom stereocenters. The molecular weight excluding hydrogens is 202 g/mol. The number of nitrogen functional groups attached to an aromatic ring is 1. The van der Waals surface area contributed by atoms with E-state index in [9.17, 15) is 4.79 Å². The Labute approximate surface area is 95.4 Å². The second kappa shape index (κ2) is 4.43. The normalized spacial score (nSPS) is 16.1. The van der Waals surface area contributed by atoms with Crippen LogP contribution in [0.2, 0.25) is 0 Å². The zero-order chi connectivity index (χ0) is 11.5. The molecule has 86 valence electrons. The molecular formula is C12H17N3O. The zero-order valence-electron chi connectivity index (χ0n) is 9.49. The molecule has 1 aromatic rings. The lowest BCUT2D eigenvalue weighted by Gasteiger charge is -2.29. The first-order chi connectivity index (χ1) is 7.72. The summed E-state index contributed by atoms with van der Waals surface area (Å²) < 4.78 is 0. The molecule has 1 fully saturated rings. The van der Waals surface area contributed by atoms with Crippen molar-refractivity contribution in [3.05, 3.63) is 23.8 Å². The van der Waals surface area contributed by atoms with Gasteiger partial charge in [-0.05, 0) is 36.6 Å². The Kier molecular flexibility index (Phi) is 2.99. The molecule has 0 bridgehead atoms. The van der Waals surface area contributed by atoms with Gasteiger partial charge in [0.05, 0.1) is 0 Å². The number of amides is 2. The summed E-state index contributed by atoms with van der Waals surface area (Å²) in [6.07, 6.45) is 1.86. The van der Waals surface area contributed by atoms with Gasteiger partial charge in [-0.25, -0.2) is 4.79 Å². The maximum atomic E-state index is 11.7. The Bertz CT molecular complexity index is 403. The molecule has 4 nitrogen and oxygen atoms in total. The summed E-state index contributed by atoms with van der Waals surface area (Å²) in [4.78, 5) is 13.5. The van der Waals surface area contributed by atoms with Crippen molar-refractivity contribution in [3.63, 3.8) is 0 Å². The van der Waals surface area contributed by atoms with Crippen LogP contribution in [-0.2, 0) is 6.42 Å². The predicted octanol–water partition coefficient (Wildman–Crippen LogP) is 1.75. The maximum Gasteiger partial charge on any atom is 0.321 e. The quantitative estimate of drug-likeness (QED) is 0.744. The highest BCUT2D eigenvalue weighted by Gasteiger charge is 2.20. The van der Waals surface area contributed by atoms with Crippen LogP contribution in [0.4, 0.5) is 16.2 Å². The summed E-state index contributed by atoms with van der Waals surface area (Å²) >= 11 is 0. The van der Waals surface area contributed by atoms with Crippen LogP contribution in [0, 0.1) is 0 Å². The van der Waals surface area contributed by atoms with Crippen molar-refractivity contribution in [2.75, 3.05) is 23.7 Å². The molecule has 0 spiro atoms. The molecule has 4 heteroatoms. The summed E-state index contributed by atoms with van der Waals surface area (Å²) in [6, 6.07) is 5.71. The van der Waals surface area contributed by atoms with Crippen molar-refractivity contribution in [1.29, 1.82) is 0 Å². The molecule has 1 saturated heterocycles. The van der Waals surface area contributed by atoms with Crippen molar-refractivity contribution in [2.24, 2.45) is 0 Å². The average Bonchev–Trinajstić information content (AvgIpc) is 2.30. The van der Waals surface area contributed by atoms with Gasteiger partial charge in [0, 0.05) is 24.5 Å². The van der Waals surface area contributed by atoms with Crippen molar-refractivity contribution < 1.29 is 4.79 Å². The van der Waals surface area contributed by atoms with Crippen molar-refractivity contribution in [1.82, 2.24) is 5.32 Å². The van der Waals surface area contributed by atoms with E-state index in [0.29, 0.717) is 0 Å². The highest BCUT2D eigenvalue weighted by atomic mass is 16.2. The molecule has 0 saturated carbocycles. The first kappa shape index (κ1) is 10.8. The second-order valence-corrected chi connectivity index (χ2v) is 3.98. The molecule has 1 heterocycles. The molecule has 1 aliphatic rings. The van der Waals surface area contributed by atoms with Gasteiger partial charge in [-0.2, -0.15) is 0 Å². The number of urea groups is 1. The summed E-state index contributed by atoms with van der Waals surface area (Å²) in [5.41, 5.74) is 8.60. The average molecular weight is 219 g/mol. The summed E-state index contributed by atoms with van der Waals surface area (Å²) in [5, 5.41) is 2.85. The number of aryl methyl sites for hydroxylation is 1. The number of nitrogens with zero attached hydrogens (tertiary/aromatic N) is 1. The van der Waals surface area contributed by atoms with Crippen molar-refractivity contribution in [3.8, 4) is 0 Å². The van der Waals surface area contributed by atoms with E-state index in [4.69, 9.17) is 5.73 Å². The highest BCUT2D eigenvalue weighted by Crippen LogP contribution is 2.24. The molecule has 0 aliphatic carbocycles. The number of benzene rings is 1. The van der Waals surface area contributed by atoms with Crippen LogP contribution < -0.4 is 16.0 Å². The Hall–Kier alpha value is -1.71. The van der Waals surface area contributed by atoms with Crippen LogP contribution >= 0.6 is 0 Å². The molecule has 1 aromatic carbocycles. The van der Waals surface area contributed by atoms with Gasteiger partial charge in [-0.15, -0.1) is 0 Å². The fourth-order valence-electron chi connectivity index (χ4n) is 2.01. The third kappa shape index (κ3) is 1.96. The van der Waals surface area contributed by atoms with Crippen molar-refractivity contribution in [2.45, 2.75) is 19.8 Å². The lowest BCUT2D eigenvalue weighted by atomic mass is 10.1. The monoisotopic (exact) mass is 219 g/mol. The number of anilines is 2. The first-order valence-corrected chi connectivity index (χ1v) is 5.66. The minimum Gasteiger partial charge on any atom is -0.399 e. The van der Waals surface area contributed by atoms with Gasteiger partial charge < -0.3 is 11.1 Å². The van der Waals surface area contributed by atoms with Crippen LogP contribution in [0.3, 0.4) is 0 Å². The topological polar surface area (TPSA) is 58.4 Å². The van der Waals surface area contributed by atoms with E-state index in [1.54, 1.807) is 4.90 Å². The zero-order valence-corrected chi connectivity index (χ0v) is 9.49. The van der Waals surface area contributed by atoms with Crippen LogP contribution in [0.15, 0.2) is 18.2 Å². The third-order valence-corrected chi connectivity index (χ3v) is 2.86. The fourth-order valence-corrected chi connectivity index (χ4v) is 2.01. The number of rotatable bonds is 2. The number of carbonyl (C=O) groups is 1. The van der Waals surface area contributed by atoms with Crippen LogP contribution in [0.5, 0.6) is 0 Å². The molecule has 0 aromatic heterocycles. The van der Waals surface area contributed by atoms with E-state index in [1.807, 2.05) is 18.2 Å². The van der Waals surface area contributed by atoms with E-state index >= 15 is 0 Å². The Morgan fingerprint density at radius 1 is 1.50 bits per heavy atom.